The van der Waals surface area contributed by atoms with Crippen molar-refractivity contribution in [2.45, 2.75) is 13.0 Å². The lowest BCUT2D eigenvalue weighted by Crippen LogP contribution is -2.26. The van der Waals surface area contributed by atoms with Gasteiger partial charge >= 0.3 is 0 Å². The van der Waals surface area contributed by atoms with Crippen LogP contribution in [0, 0.1) is 0 Å². The fourth-order valence-electron chi connectivity index (χ4n) is 2.10. The number of ether oxygens (including phenoxy) is 1. The third kappa shape index (κ3) is 4.57. The van der Waals surface area contributed by atoms with Gasteiger partial charge in [-0.05, 0) is 19.1 Å². The lowest BCUT2D eigenvalue weighted by molar-refractivity contribution is 0.0990. The molecular formula is C16H21N7O3. The molecule has 1 atom stereocenters. The zero-order valence-corrected chi connectivity index (χ0v) is 14.4. The van der Waals surface area contributed by atoms with E-state index in [0.717, 1.165) is 0 Å². The minimum absolute atomic E-state index is 0.101. The predicted octanol–water partition coefficient (Wildman–Crippen LogP) is 0.186. The first kappa shape index (κ1) is 18.9. The fraction of sp³-hybridized carbons (Fsp3) is 0.250. The van der Waals surface area contributed by atoms with Crippen molar-refractivity contribution >= 4 is 29.3 Å². The first-order valence-electron chi connectivity index (χ1n) is 7.73. The number of nitrogens with two attached hydrogens (primary N) is 3. The Bertz CT molecular complexity index is 823. The molecule has 138 valence electrons. The Morgan fingerprint density at radius 2 is 1.92 bits per heavy atom. The van der Waals surface area contributed by atoms with Gasteiger partial charge in [0.05, 0.1) is 12.7 Å². The van der Waals surface area contributed by atoms with Crippen LogP contribution in [0.3, 0.4) is 0 Å². The molecule has 0 fully saturated rings. The highest BCUT2D eigenvalue weighted by atomic mass is 16.5. The second-order valence-corrected chi connectivity index (χ2v) is 5.58. The summed E-state index contributed by atoms with van der Waals surface area (Å²) in [6, 6.07) is 4.56. The van der Waals surface area contributed by atoms with Crippen molar-refractivity contribution in [1.82, 2.24) is 9.97 Å². The van der Waals surface area contributed by atoms with Crippen molar-refractivity contribution in [3.05, 3.63) is 35.5 Å². The summed E-state index contributed by atoms with van der Waals surface area (Å²) in [7, 11) is 1.42. The number of hydrogen-bond donors (Lipinski definition) is 5. The number of benzene rings is 1. The van der Waals surface area contributed by atoms with Crippen molar-refractivity contribution in [2.24, 2.45) is 17.2 Å². The van der Waals surface area contributed by atoms with Crippen LogP contribution in [0.5, 0.6) is 5.75 Å². The van der Waals surface area contributed by atoms with E-state index >= 15 is 0 Å². The molecule has 26 heavy (non-hydrogen) atoms. The van der Waals surface area contributed by atoms with Crippen LogP contribution in [0.25, 0.3) is 0 Å². The summed E-state index contributed by atoms with van der Waals surface area (Å²) < 4.78 is 5.16. The minimum atomic E-state index is -0.688. The summed E-state index contributed by atoms with van der Waals surface area (Å²) in [5, 5.41) is 5.93. The van der Waals surface area contributed by atoms with Gasteiger partial charge in [-0.25, -0.2) is 4.98 Å². The number of rotatable bonds is 8. The Morgan fingerprint density at radius 3 is 2.50 bits per heavy atom. The SMILES string of the molecule is COc1cc(Nc2nc(NCC(C)N)ncc2C(N)=O)ccc1C(N)=O. The maximum Gasteiger partial charge on any atom is 0.254 e. The van der Waals surface area contributed by atoms with E-state index in [2.05, 4.69) is 20.6 Å². The molecule has 2 amide bonds. The second kappa shape index (κ2) is 8.12. The molecule has 10 nitrogen and oxygen atoms in total. The topological polar surface area (TPSA) is 171 Å². The van der Waals surface area contributed by atoms with Gasteiger partial charge in [0.1, 0.15) is 17.1 Å². The van der Waals surface area contributed by atoms with Gasteiger partial charge in [0.2, 0.25) is 5.95 Å². The van der Waals surface area contributed by atoms with Crippen molar-refractivity contribution in [3.63, 3.8) is 0 Å². The third-order valence-corrected chi connectivity index (χ3v) is 3.37. The number of carbonyl (C=O) groups excluding carboxylic acids is 2. The molecule has 0 spiro atoms. The molecule has 0 aliphatic rings. The van der Waals surface area contributed by atoms with Crippen LogP contribution >= 0.6 is 0 Å². The lowest BCUT2D eigenvalue weighted by Gasteiger charge is -2.13. The Balaban J connectivity index is 2.35. The molecule has 10 heteroatoms. The molecule has 2 rings (SSSR count). The molecule has 2 aromatic rings. The van der Waals surface area contributed by atoms with Gasteiger partial charge in [-0.15, -0.1) is 0 Å². The standard InChI is InChI=1S/C16H21N7O3/c1-8(17)6-20-16-21-7-11(14(19)25)15(23-16)22-9-3-4-10(13(18)24)12(5-9)26-2/h3-5,7-8H,6,17H2,1-2H3,(H2,18,24)(H2,19,25)(H2,20,21,22,23). The van der Waals surface area contributed by atoms with Crippen LogP contribution in [0.15, 0.2) is 24.4 Å². The lowest BCUT2D eigenvalue weighted by atomic mass is 10.1. The molecule has 0 radical (unpaired) electrons. The first-order valence-corrected chi connectivity index (χ1v) is 7.73. The number of carbonyl (C=O) groups is 2. The summed E-state index contributed by atoms with van der Waals surface area (Å²) in [4.78, 5) is 31.3. The second-order valence-electron chi connectivity index (χ2n) is 5.58. The number of anilines is 3. The van der Waals surface area contributed by atoms with E-state index in [-0.39, 0.29) is 34.7 Å². The number of primary amides is 2. The normalized spacial score (nSPS) is 11.5. The molecule has 8 N–H and O–H groups in total. The fourth-order valence-corrected chi connectivity index (χ4v) is 2.10. The number of nitrogens with zero attached hydrogens (tertiary/aromatic N) is 2. The molecule has 0 bridgehead atoms. The average Bonchev–Trinajstić information content (AvgIpc) is 2.59. The maximum atomic E-state index is 11.6. The summed E-state index contributed by atoms with van der Waals surface area (Å²) in [6.45, 7) is 2.28. The molecule has 1 aromatic carbocycles. The van der Waals surface area contributed by atoms with Gasteiger partial charge in [0, 0.05) is 30.5 Å². The smallest absolute Gasteiger partial charge is 0.254 e. The maximum absolute atomic E-state index is 11.6. The van der Waals surface area contributed by atoms with E-state index in [9.17, 15) is 9.59 Å². The van der Waals surface area contributed by atoms with Crippen molar-refractivity contribution in [1.29, 1.82) is 0 Å². The summed E-state index contributed by atoms with van der Waals surface area (Å²) in [6.07, 6.45) is 1.32. The number of amides is 2. The van der Waals surface area contributed by atoms with Gasteiger partial charge in [-0.1, -0.05) is 0 Å². The number of aromatic nitrogens is 2. The summed E-state index contributed by atoms with van der Waals surface area (Å²) >= 11 is 0. The van der Waals surface area contributed by atoms with E-state index < -0.39 is 11.8 Å². The molecule has 0 aliphatic heterocycles. The van der Waals surface area contributed by atoms with E-state index in [1.807, 2.05) is 6.92 Å². The monoisotopic (exact) mass is 359 g/mol. The van der Waals surface area contributed by atoms with Crippen molar-refractivity contribution < 1.29 is 14.3 Å². The Morgan fingerprint density at radius 1 is 1.23 bits per heavy atom. The van der Waals surface area contributed by atoms with Crippen LogP contribution in [-0.4, -0.2) is 41.5 Å². The first-order chi connectivity index (χ1) is 12.3. The van der Waals surface area contributed by atoms with Crippen LogP contribution in [0.2, 0.25) is 0 Å². The number of nitrogens with one attached hydrogen (secondary N) is 2. The number of hydrogen-bond acceptors (Lipinski definition) is 8. The molecule has 1 unspecified atom stereocenters. The van der Waals surface area contributed by atoms with Gasteiger partial charge in [-0.3, -0.25) is 9.59 Å². The summed E-state index contributed by atoms with van der Waals surface area (Å²) in [5.74, 6) is -0.529. The van der Waals surface area contributed by atoms with Crippen LogP contribution in [-0.2, 0) is 0 Å². The zero-order valence-electron chi connectivity index (χ0n) is 14.4. The highest BCUT2D eigenvalue weighted by Gasteiger charge is 2.15. The molecule has 0 saturated carbocycles. The Labute approximate surface area is 150 Å². The third-order valence-electron chi connectivity index (χ3n) is 3.37. The molecule has 1 heterocycles. The zero-order chi connectivity index (χ0) is 19.3. The van der Waals surface area contributed by atoms with E-state index in [0.29, 0.717) is 12.2 Å². The minimum Gasteiger partial charge on any atom is -0.496 e. The largest absolute Gasteiger partial charge is 0.496 e. The highest BCUT2D eigenvalue weighted by Crippen LogP contribution is 2.26. The summed E-state index contributed by atoms with van der Waals surface area (Å²) in [5.41, 5.74) is 17.2. The number of methoxy groups -OCH3 is 1. The van der Waals surface area contributed by atoms with E-state index in [4.69, 9.17) is 21.9 Å². The van der Waals surface area contributed by atoms with Crippen LogP contribution in [0.4, 0.5) is 17.5 Å². The Kier molecular flexibility index (Phi) is 5.91. The van der Waals surface area contributed by atoms with Gasteiger partial charge in [-0.2, -0.15) is 4.98 Å². The molecule has 0 aliphatic carbocycles. The van der Waals surface area contributed by atoms with E-state index in [1.54, 1.807) is 12.1 Å². The predicted molar refractivity (Wildman–Crippen MR) is 97.5 cm³/mol. The van der Waals surface area contributed by atoms with Gasteiger partial charge in [0.25, 0.3) is 11.8 Å². The van der Waals surface area contributed by atoms with Gasteiger partial charge < -0.3 is 32.6 Å². The van der Waals surface area contributed by atoms with Crippen LogP contribution in [0.1, 0.15) is 27.6 Å². The molecular weight excluding hydrogens is 338 g/mol. The van der Waals surface area contributed by atoms with Gasteiger partial charge in [0.15, 0.2) is 0 Å². The van der Waals surface area contributed by atoms with Crippen molar-refractivity contribution in [2.75, 3.05) is 24.3 Å². The quantitative estimate of drug-likeness (QED) is 0.444. The van der Waals surface area contributed by atoms with E-state index in [1.165, 1.54) is 19.4 Å². The Hall–Kier alpha value is -3.40. The molecule has 0 saturated heterocycles. The van der Waals surface area contributed by atoms with Crippen LogP contribution < -0.4 is 32.6 Å². The molecule has 1 aromatic heterocycles. The average molecular weight is 359 g/mol. The van der Waals surface area contributed by atoms with Crippen molar-refractivity contribution in [3.8, 4) is 5.75 Å². The highest BCUT2D eigenvalue weighted by molar-refractivity contribution is 5.99.